The van der Waals surface area contributed by atoms with Gasteiger partial charge in [-0.05, 0) is 67.7 Å². The van der Waals surface area contributed by atoms with Crippen LogP contribution in [0.2, 0.25) is 0 Å². The highest BCUT2D eigenvalue weighted by atomic mass is 15.2. The van der Waals surface area contributed by atoms with Crippen molar-refractivity contribution in [3.63, 3.8) is 0 Å². The van der Waals surface area contributed by atoms with Crippen molar-refractivity contribution in [1.82, 2.24) is 5.43 Å². The molecular weight excluding hydrogens is 256 g/mol. The fourth-order valence-electron chi connectivity index (χ4n) is 2.66. The van der Waals surface area contributed by atoms with Gasteiger partial charge in [0.15, 0.2) is 0 Å². The van der Waals surface area contributed by atoms with Crippen molar-refractivity contribution >= 4 is 0 Å². The van der Waals surface area contributed by atoms with Crippen LogP contribution < -0.4 is 11.3 Å². The maximum atomic E-state index is 5.73. The Morgan fingerprint density at radius 3 is 2.14 bits per heavy atom. The van der Waals surface area contributed by atoms with Crippen molar-refractivity contribution in [2.45, 2.75) is 72.3 Å². The zero-order valence-corrected chi connectivity index (χ0v) is 14.6. The minimum Gasteiger partial charge on any atom is -0.271 e. The van der Waals surface area contributed by atoms with E-state index < -0.39 is 0 Å². The number of rotatable bonds is 6. The Labute approximate surface area is 130 Å². The quantitative estimate of drug-likeness (QED) is 0.464. The van der Waals surface area contributed by atoms with E-state index >= 15 is 0 Å². The summed E-state index contributed by atoms with van der Waals surface area (Å²) in [6.07, 6.45) is 3.03. The van der Waals surface area contributed by atoms with Crippen LogP contribution in [0.3, 0.4) is 0 Å². The number of aryl methyl sites for hydroxylation is 2. The molecule has 0 aliphatic rings. The van der Waals surface area contributed by atoms with E-state index in [1.54, 1.807) is 0 Å². The van der Waals surface area contributed by atoms with Crippen LogP contribution in [-0.4, -0.2) is 6.04 Å². The summed E-state index contributed by atoms with van der Waals surface area (Å²) in [4.78, 5) is 0. The Bertz CT molecular complexity index is 472. The number of nitrogens with one attached hydrogen (secondary N) is 1. The first kappa shape index (κ1) is 17.9. The topological polar surface area (TPSA) is 38.0 Å². The van der Waals surface area contributed by atoms with E-state index in [4.69, 9.17) is 5.84 Å². The molecule has 118 valence electrons. The molecule has 0 aromatic heterocycles. The average Bonchev–Trinajstić information content (AvgIpc) is 2.35. The smallest absolute Gasteiger partial charge is 0.0254 e. The van der Waals surface area contributed by atoms with Crippen LogP contribution in [-0.2, 0) is 11.8 Å². The number of hydrogen-bond donors (Lipinski definition) is 2. The Hall–Kier alpha value is -1.12. The summed E-state index contributed by atoms with van der Waals surface area (Å²) in [5.41, 5.74) is 9.94. The molecule has 1 aromatic rings. The molecule has 1 aromatic carbocycles. The SMILES string of the molecule is C=C(C)CCC(Cc1c(C)cc(C(C)(C)C)cc1C)NN. The van der Waals surface area contributed by atoms with Crippen LogP contribution >= 0.6 is 0 Å². The summed E-state index contributed by atoms with van der Waals surface area (Å²) in [6.45, 7) is 17.3. The van der Waals surface area contributed by atoms with Gasteiger partial charge in [0.2, 0.25) is 0 Å². The van der Waals surface area contributed by atoms with E-state index in [9.17, 15) is 0 Å². The molecule has 0 spiro atoms. The van der Waals surface area contributed by atoms with Crippen molar-refractivity contribution < 1.29 is 0 Å². The molecule has 0 fully saturated rings. The van der Waals surface area contributed by atoms with Gasteiger partial charge in [-0.25, -0.2) is 0 Å². The van der Waals surface area contributed by atoms with Crippen molar-refractivity contribution in [2.75, 3.05) is 0 Å². The predicted molar refractivity (Wildman–Crippen MR) is 93.5 cm³/mol. The molecule has 21 heavy (non-hydrogen) atoms. The van der Waals surface area contributed by atoms with Crippen molar-refractivity contribution in [3.8, 4) is 0 Å². The van der Waals surface area contributed by atoms with Crippen LogP contribution in [0.4, 0.5) is 0 Å². The fraction of sp³-hybridized carbons (Fsp3) is 0.579. The Kier molecular flexibility index (Phi) is 6.18. The van der Waals surface area contributed by atoms with Crippen LogP contribution in [0.1, 0.15) is 62.8 Å². The lowest BCUT2D eigenvalue weighted by molar-refractivity contribution is 0.489. The molecule has 1 atom stereocenters. The van der Waals surface area contributed by atoms with Gasteiger partial charge in [0.1, 0.15) is 0 Å². The molecule has 0 saturated carbocycles. The van der Waals surface area contributed by atoms with Crippen LogP contribution in [0.25, 0.3) is 0 Å². The lowest BCUT2D eigenvalue weighted by atomic mass is 9.82. The first-order valence-electron chi connectivity index (χ1n) is 7.86. The van der Waals surface area contributed by atoms with E-state index in [0.29, 0.717) is 6.04 Å². The predicted octanol–water partition coefficient (Wildman–Crippen LogP) is 4.33. The summed E-state index contributed by atoms with van der Waals surface area (Å²) >= 11 is 0. The first-order chi connectivity index (χ1) is 9.65. The number of nitrogens with two attached hydrogens (primary N) is 1. The van der Waals surface area contributed by atoms with Gasteiger partial charge in [0.05, 0.1) is 0 Å². The molecule has 3 N–H and O–H groups in total. The first-order valence-corrected chi connectivity index (χ1v) is 7.86. The van der Waals surface area contributed by atoms with Gasteiger partial charge < -0.3 is 0 Å². The second kappa shape index (κ2) is 7.24. The number of benzene rings is 1. The number of hydrogen-bond acceptors (Lipinski definition) is 2. The Balaban J connectivity index is 2.95. The Morgan fingerprint density at radius 1 is 1.24 bits per heavy atom. The standard InChI is InChI=1S/C19H32N2/c1-13(2)8-9-17(21-20)12-18-14(3)10-16(11-15(18)4)19(5,6)7/h10-11,17,21H,1,8-9,12,20H2,2-7H3. The van der Waals surface area contributed by atoms with E-state index in [0.717, 1.165) is 19.3 Å². The van der Waals surface area contributed by atoms with Gasteiger partial charge in [0.25, 0.3) is 0 Å². The zero-order valence-electron chi connectivity index (χ0n) is 14.6. The monoisotopic (exact) mass is 288 g/mol. The lowest BCUT2D eigenvalue weighted by Crippen LogP contribution is -2.37. The van der Waals surface area contributed by atoms with Crippen molar-refractivity contribution in [1.29, 1.82) is 0 Å². The summed E-state index contributed by atoms with van der Waals surface area (Å²) in [7, 11) is 0. The molecule has 0 bridgehead atoms. The second-order valence-electron chi connectivity index (χ2n) is 7.40. The third-order valence-electron chi connectivity index (χ3n) is 4.17. The molecule has 2 nitrogen and oxygen atoms in total. The molecule has 2 heteroatoms. The number of allylic oxidation sites excluding steroid dienone is 1. The van der Waals surface area contributed by atoms with Gasteiger partial charge in [-0.2, -0.15) is 0 Å². The average molecular weight is 288 g/mol. The minimum atomic E-state index is 0.194. The number of hydrazine groups is 1. The third-order valence-corrected chi connectivity index (χ3v) is 4.17. The molecule has 1 rings (SSSR count). The van der Waals surface area contributed by atoms with Gasteiger partial charge in [-0.15, -0.1) is 6.58 Å². The maximum absolute atomic E-state index is 5.73. The van der Waals surface area contributed by atoms with Gasteiger partial charge >= 0.3 is 0 Å². The summed E-state index contributed by atoms with van der Waals surface area (Å²) in [6, 6.07) is 4.96. The molecule has 0 radical (unpaired) electrons. The van der Waals surface area contributed by atoms with E-state index in [1.807, 2.05) is 0 Å². The molecule has 0 heterocycles. The lowest BCUT2D eigenvalue weighted by Gasteiger charge is -2.24. The highest BCUT2D eigenvalue weighted by Gasteiger charge is 2.18. The van der Waals surface area contributed by atoms with Gasteiger partial charge in [-0.3, -0.25) is 11.3 Å². The van der Waals surface area contributed by atoms with Crippen molar-refractivity contribution in [2.24, 2.45) is 5.84 Å². The fourth-order valence-corrected chi connectivity index (χ4v) is 2.66. The van der Waals surface area contributed by atoms with E-state index in [-0.39, 0.29) is 5.41 Å². The molecule has 0 aliphatic heterocycles. The zero-order chi connectivity index (χ0) is 16.2. The van der Waals surface area contributed by atoms with Crippen LogP contribution in [0.15, 0.2) is 24.3 Å². The van der Waals surface area contributed by atoms with E-state index in [2.05, 4.69) is 65.7 Å². The Morgan fingerprint density at radius 2 is 1.76 bits per heavy atom. The van der Waals surface area contributed by atoms with Gasteiger partial charge in [0, 0.05) is 6.04 Å². The van der Waals surface area contributed by atoms with Gasteiger partial charge in [-0.1, -0.05) is 38.5 Å². The maximum Gasteiger partial charge on any atom is 0.0254 e. The van der Waals surface area contributed by atoms with Crippen LogP contribution in [0.5, 0.6) is 0 Å². The summed E-state index contributed by atoms with van der Waals surface area (Å²) in [5, 5.41) is 0. The van der Waals surface area contributed by atoms with E-state index in [1.165, 1.54) is 27.8 Å². The molecule has 0 aliphatic carbocycles. The molecule has 0 saturated heterocycles. The highest BCUT2D eigenvalue weighted by molar-refractivity contribution is 5.41. The second-order valence-corrected chi connectivity index (χ2v) is 7.40. The highest BCUT2D eigenvalue weighted by Crippen LogP contribution is 2.27. The third kappa shape index (κ3) is 5.29. The van der Waals surface area contributed by atoms with Crippen LogP contribution in [0, 0.1) is 13.8 Å². The molecular formula is C19H32N2. The minimum absolute atomic E-state index is 0.194. The molecule has 1 unspecified atom stereocenters. The summed E-state index contributed by atoms with van der Waals surface area (Å²) < 4.78 is 0. The molecule has 0 amide bonds. The summed E-state index contributed by atoms with van der Waals surface area (Å²) in [5.74, 6) is 5.73. The largest absolute Gasteiger partial charge is 0.271 e. The normalized spacial score (nSPS) is 13.3. The van der Waals surface area contributed by atoms with Crippen molar-refractivity contribution in [3.05, 3.63) is 46.5 Å².